The van der Waals surface area contributed by atoms with E-state index in [-0.39, 0.29) is 11.8 Å². The number of fused-ring (bicyclic) bond motifs is 1. The molecule has 2 aromatic carbocycles. The Morgan fingerprint density at radius 1 is 0.971 bits per heavy atom. The third kappa shape index (κ3) is 5.76. The van der Waals surface area contributed by atoms with Gasteiger partial charge in [0.05, 0.1) is 23.7 Å². The van der Waals surface area contributed by atoms with Crippen molar-refractivity contribution < 1.29 is 14.3 Å². The van der Waals surface area contributed by atoms with Crippen molar-refractivity contribution in [2.45, 2.75) is 51.5 Å². The van der Waals surface area contributed by atoms with Crippen molar-refractivity contribution in [1.29, 1.82) is 0 Å². The molecule has 1 aromatic heterocycles. The molecule has 4 rings (SSSR count). The number of rotatable bonds is 10. The summed E-state index contributed by atoms with van der Waals surface area (Å²) in [5.74, 6) is 1.61. The largest absolute Gasteiger partial charge is 0.496 e. The van der Waals surface area contributed by atoms with Crippen molar-refractivity contribution in [1.82, 2.24) is 19.8 Å². The van der Waals surface area contributed by atoms with Gasteiger partial charge in [0.1, 0.15) is 18.1 Å². The molecular formula is C27H34N4O3. The van der Waals surface area contributed by atoms with Gasteiger partial charge in [0.15, 0.2) is 0 Å². The van der Waals surface area contributed by atoms with E-state index in [4.69, 9.17) is 9.72 Å². The van der Waals surface area contributed by atoms with Crippen molar-refractivity contribution in [2.24, 2.45) is 0 Å². The zero-order valence-electron chi connectivity index (χ0n) is 20.0. The molecule has 1 N–H and O–H groups in total. The van der Waals surface area contributed by atoms with Crippen molar-refractivity contribution in [3.8, 4) is 5.75 Å². The molecular weight excluding hydrogens is 428 g/mol. The number of methoxy groups -OCH3 is 1. The Kier molecular flexibility index (Phi) is 8.17. The fourth-order valence-corrected chi connectivity index (χ4v) is 4.59. The molecule has 0 radical (unpaired) electrons. The number of aryl methyl sites for hydroxylation is 1. The Bertz CT molecular complexity index is 1120. The summed E-state index contributed by atoms with van der Waals surface area (Å²) in [6.07, 6.45) is 7.01. The van der Waals surface area contributed by atoms with Gasteiger partial charge in [0, 0.05) is 26.1 Å². The number of carbonyl (C=O) groups excluding carboxylic acids is 2. The predicted octanol–water partition coefficient (Wildman–Crippen LogP) is 4.20. The summed E-state index contributed by atoms with van der Waals surface area (Å²) in [6.45, 7) is 2.69. The maximum Gasteiger partial charge on any atom is 0.255 e. The number of likely N-dealkylation sites (tertiary alicyclic amines) is 1. The number of imidazole rings is 1. The van der Waals surface area contributed by atoms with E-state index in [1.165, 1.54) is 6.42 Å². The van der Waals surface area contributed by atoms with Crippen molar-refractivity contribution in [2.75, 3.05) is 26.7 Å². The molecule has 1 saturated heterocycles. The van der Waals surface area contributed by atoms with E-state index in [2.05, 4.69) is 9.88 Å². The van der Waals surface area contributed by atoms with Crippen LogP contribution in [0.15, 0.2) is 48.5 Å². The van der Waals surface area contributed by atoms with Crippen LogP contribution < -0.4 is 10.1 Å². The molecule has 1 aliphatic heterocycles. The number of para-hydroxylation sites is 3. The van der Waals surface area contributed by atoms with Gasteiger partial charge in [-0.2, -0.15) is 0 Å². The standard InChI is InChI=1S/C27H34N4O3/c1-34-24-15-8-5-12-21(24)27(33)28-17-9-2-4-16-25-29-22-13-6-7-14-23(22)31(25)20-26(32)30-18-10-3-11-19-30/h5-8,12-15H,2-4,9-11,16-20H2,1H3,(H,28,33). The van der Waals surface area contributed by atoms with Gasteiger partial charge in [-0.3, -0.25) is 9.59 Å². The summed E-state index contributed by atoms with van der Waals surface area (Å²) in [4.78, 5) is 32.2. The third-order valence-corrected chi connectivity index (χ3v) is 6.45. The summed E-state index contributed by atoms with van der Waals surface area (Å²) >= 11 is 0. The van der Waals surface area contributed by atoms with Crippen LogP contribution in [0.25, 0.3) is 11.0 Å². The minimum absolute atomic E-state index is 0.115. The molecule has 7 nitrogen and oxygen atoms in total. The number of amides is 2. The Hall–Kier alpha value is -3.35. The Balaban J connectivity index is 1.29. The van der Waals surface area contributed by atoms with Gasteiger partial charge in [-0.25, -0.2) is 4.98 Å². The Morgan fingerprint density at radius 3 is 2.56 bits per heavy atom. The summed E-state index contributed by atoms with van der Waals surface area (Å²) in [7, 11) is 1.57. The number of carbonyl (C=O) groups is 2. The molecule has 2 heterocycles. The van der Waals surface area contributed by atoms with Crippen molar-refractivity contribution in [3.05, 3.63) is 59.9 Å². The number of nitrogens with one attached hydrogen (secondary N) is 1. The van der Waals surface area contributed by atoms with Crippen molar-refractivity contribution in [3.63, 3.8) is 0 Å². The quantitative estimate of drug-likeness (QED) is 0.458. The molecule has 0 unspecified atom stereocenters. The zero-order valence-corrected chi connectivity index (χ0v) is 20.0. The zero-order chi connectivity index (χ0) is 23.8. The predicted molar refractivity (Wildman–Crippen MR) is 133 cm³/mol. The molecule has 3 aromatic rings. The topological polar surface area (TPSA) is 76.5 Å². The summed E-state index contributed by atoms with van der Waals surface area (Å²) in [5, 5.41) is 2.98. The van der Waals surface area contributed by atoms with Gasteiger partial charge in [0.25, 0.3) is 5.91 Å². The first-order valence-corrected chi connectivity index (χ1v) is 12.3. The minimum atomic E-state index is -0.115. The van der Waals surface area contributed by atoms with Crippen LogP contribution in [-0.2, 0) is 17.8 Å². The van der Waals surface area contributed by atoms with E-state index in [9.17, 15) is 9.59 Å². The van der Waals surface area contributed by atoms with E-state index in [1.807, 2.05) is 41.3 Å². The summed E-state index contributed by atoms with van der Waals surface area (Å²) < 4.78 is 7.36. The van der Waals surface area contributed by atoms with Crippen LogP contribution in [0, 0.1) is 0 Å². The second-order valence-corrected chi connectivity index (χ2v) is 8.81. The first-order chi connectivity index (χ1) is 16.7. The minimum Gasteiger partial charge on any atom is -0.496 e. The third-order valence-electron chi connectivity index (χ3n) is 6.45. The van der Waals surface area contributed by atoms with Crippen LogP contribution in [0.4, 0.5) is 0 Å². The molecule has 34 heavy (non-hydrogen) atoms. The molecule has 0 spiro atoms. The maximum atomic E-state index is 12.9. The molecule has 7 heteroatoms. The van der Waals surface area contributed by atoms with Crippen molar-refractivity contribution >= 4 is 22.8 Å². The Labute approximate surface area is 201 Å². The van der Waals surface area contributed by atoms with Gasteiger partial charge in [-0.05, 0) is 56.4 Å². The van der Waals surface area contributed by atoms with Crippen LogP contribution in [0.1, 0.15) is 54.7 Å². The second-order valence-electron chi connectivity index (χ2n) is 8.81. The smallest absolute Gasteiger partial charge is 0.255 e. The molecule has 0 saturated carbocycles. The van der Waals surface area contributed by atoms with Gasteiger partial charge >= 0.3 is 0 Å². The van der Waals surface area contributed by atoms with Crippen LogP contribution in [0.5, 0.6) is 5.75 Å². The lowest BCUT2D eigenvalue weighted by Gasteiger charge is -2.27. The highest BCUT2D eigenvalue weighted by atomic mass is 16.5. The van der Waals surface area contributed by atoms with Crippen LogP contribution in [0.3, 0.4) is 0 Å². The summed E-state index contributed by atoms with van der Waals surface area (Å²) in [5.41, 5.74) is 2.51. The number of hydrogen-bond acceptors (Lipinski definition) is 4. The number of nitrogens with zero attached hydrogens (tertiary/aromatic N) is 3. The average Bonchev–Trinajstić information content (AvgIpc) is 3.23. The van der Waals surface area contributed by atoms with E-state index in [0.29, 0.717) is 24.4 Å². The first-order valence-electron chi connectivity index (χ1n) is 12.3. The normalized spacial score (nSPS) is 13.7. The van der Waals surface area contributed by atoms with Crippen LogP contribution >= 0.6 is 0 Å². The van der Waals surface area contributed by atoms with Crippen LogP contribution in [0.2, 0.25) is 0 Å². The Morgan fingerprint density at radius 2 is 1.74 bits per heavy atom. The molecule has 0 atom stereocenters. The van der Waals surface area contributed by atoms with Gasteiger partial charge in [0.2, 0.25) is 5.91 Å². The number of unbranched alkanes of at least 4 members (excludes halogenated alkanes) is 2. The second kappa shape index (κ2) is 11.7. The molecule has 1 fully saturated rings. The number of benzene rings is 2. The highest BCUT2D eigenvalue weighted by Crippen LogP contribution is 2.20. The summed E-state index contributed by atoms with van der Waals surface area (Å²) in [6, 6.07) is 15.3. The lowest BCUT2D eigenvalue weighted by atomic mass is 10.1. The SMILES string of the molecule is COc1ccccc1C(=O)NCCCCCc1nc2ccccc2n1CC(=O)N1CCCCC1. The van der Waals surface area contributed by atoms with E-state index >= 15 is 0 Å². The molecule has 0 bridgehead atoms. The molecule has 2 amide bonds. The fraction of sp³-hybridized carbons (Fsp3) is 0.444. The van der Waals surface area contributed by atoms with Gasteiger partial charge in [-0.1, -0.05) is 30.7 Å². The lowest BCUT2D eigenvalue weighted by molar-refractivity contribution is -0.132. The van der Waals surface area contributed by atoms with E-state index in [1.54, 1.807) is 19.2 Å². The lowest BCUT2D eigenvalue weighted by Crippen LogP contribution is -2.38. The highest BCUT2D eigenvalue weighted by molar-refractivity contribution is 5.96. The fourth-order valence-electron chi connectivity index (χ4n) is 4.59. The van der Waals surface area contributed by atoms with Gasteiger partial charge in [-0.15, -0.1) is 0 Å². The first kappa shape index (κ1) is 23.8. The van der Waals surface area contributed by atoms with E-state index in [0.717, 1.165) is 68.5 Å². The monoisotopic (exact) mass is 462 g/mol. The van der Waals surface area contributed by atoms with Gasteiger partial charge < -0.3 is 19.5 Å². The number of ether oxygens (including phenoxy) is 1. The number of hydrogen-bond donors (Lipinski definition) is 1. The number of aromatic nitrogens is 2. The number of piperidine rings is 1. The highest BCUT2D eigenvalue weighted by Gasteiger charge is 2.19. The van der Waals surface area contributed by atoms with E-state index < -0.39 is 0 Å². The average molecular weight is 463 g/mol. The molecule has 0 aliphatic carbocycles. The molecule has 1 aliphatic rings. The molecule has 180 valence electrons. The van der Waals surface area contributed by atoms with Crippen LogP contribution in [-0.4, -0.2) is 53.0 Å². The maximum absolute atomic E-state index is 12.9.